The number of aromatic carboxylic acids is 1. The summed E-state index contributed by atoms with van der Waals surface area (Å²) >= 11 is 0. The summed E-state index contributed by atoms with van der Waals surface area (Å²) in [5, 5.41) is 9.20. The lowest BCUT2D eigenvalue weighted by molar-refractivity contribution is 0.0697. The molecule has 5 heteroatoms. The fourth-order valence-electron chi connectivity index (χ4n) is 2.66. The number of ether oxygens (including phenoxy) is 2. The summed E-state index contributed by atoms with van der Waals surface area (Å²) in [5.41, 5.74) is 2.00. The summed E-state index contributed by atoms with van der Waals surface area (Å²) in [7, 11) is 1.51. The van der Waals surface area contributed by atoms with E-state index in [1.165, 1.54) is 31.4 Å². The molecule has 3 rings (SSSR count). The van der Waals surface area contributed by atoms with E-state index >= 15 is 0 Å². The van der Waals surface area contributed by atoms with Gasteiger partial charge < -0.3 is 14.6 Å². The molecule has 23 heavy (non-hydrogen) atoms. The van der Waals surface area contributed by atoms with Gasteiger partial charge in [-0.2, -0.15) is 0 Å². The zero-order valence-electron chi connectivity index (χ0n) is 12.7. The molecule has 0 aromatic heterocycles. The van der Waals surface area contributed by atoms with E-state index in [2.05, 4.69) is 0 Å². The predicted molar refractivity (Wildman–Crippen MR) is 83.5 cm³/mol. The highest BCUT2D eigenvalue weighted by Gasteiger charge is 2.23. The normalized spacial score (nSPS) is 16.1. The predicted octanol–water partition coefficient (Wildman–Crippen LogP) is 3.75. The molecule has 0 aliphatic carbocycles. The maximum Gasteiger partial charge on any atom is 0.335 e. The lowest BCUT2D eigenvalue weighted by atomic mass is 9.92. The van der Waals surface area contributed by atoms with Gasteiger partial charge in [0.25, 0.3) is 0 Å². The number of hydrogen-bond donors (Lipinski definition) is 1. The molecule has 2 aromatic carbocycles. The fourth-order valence-corrected chi connectivity index (χ4v) is 2.66. The summed E-state index contributed by atoms with van der Waals surface area (Å²) in [6.07, 6.45) is 1.60. The van der Waals surface area contributed by atoms with Crippen molar-refractivity contribution in [1.82, 2.24) is 0 Å². The molecule has 1 heterocycles. The minimum absolute atomic E-state index is 0.142. The second-order valence-corrected chi connectivity index (χ2v) is 5.26. The number of rotatable bonds is 3. The first-order valence-corrected chi connectivity index (χ1v) is 7.09. The molecule has 0 spiro atoms. The van der Waals surface area contributed by atoms with Crippen LogP contribution in [-0.4, -0.2) is 24.3 Å². The molecular formula is C18H15FO4. The van der Waals surface area contributed by atoms with Crippen LogP contribution in [0.2, 0.25) is 0 Å². The van der Waals surface area contributed by atoms with Gasteiger partial charge in [-0.1, -0.05) is 0 Å². The minimum Gasteiger partial charge on any atom is -0.496 e. The van der Waals surface area contributed by atoms with Crippen molar-refractivity contribution < 1.29 is 23.8 Å². The van der Waals surface area contributed by atoms with Crippen molar-refractivity contribution in [2.45, 2.75) is 13.0 Å². The number of carboxylic acids is 1. The summed E-state index contributed by atoms with van der Waals surface area (Å²) < 4.78 is 24.7. The Kier molecular flexibility index (Phi) is 3.78. The molecule has 1 aliphatic heterocycles. The SMILES string of the molecule is COc1ccc(F)cc1C1=CC(C)Oc2ccc(C(=O)O)cc21. The van der Waals surface area contributed by atoms with Crippen LogP contribution in [0.1, 0.15) is 28.4 Å². The van der Waals surface area contributed by atoms with E-state index in [9.17, 15) is 14.3 Å². The first kappa shape index (κ1) is 15.1. The Balaban J connectivity index is 2.22. The molecule has 1 atom stereocenters. The van der Waals surface area contributed by atoms with E-state index < -0.39 is 11.8 Å². The highest BCUT2D eigenvalue weighted by atomic mass is 19.1. The van der Waals surface area contributed by atoms with Crippen LogP contribution in [-0.2, 0) is 0 Å². The molecule has 4 nitrogen and oxygen atoms in total. The molecule has 0 amide bonds. The molecule has 1 aliphatic rings. The van der Waals surface area contributed by atoms with Crippen molar-refractivity contribution in [3.8, 4) is 11.5 Å². The number of carboxylic acid groups (broad SMARTS) is 1. The lowest BCUT2D eigenvalue weighted by Gasteiger charge is -2.24. The average molecular weight is 314 g/mol. The fraction of sp³-hybridized carbons (Fsp3) is 0.167. The number of hydrogen-bond acceptors (Lipinski definition) is 3. The first-order valence-electron chi connectivity index (χ1n) is 7.09. The molecule has 0 bridgehead atoms. The van der Waals surface area contributed by atoms with E-state index in [-0.39, 0.29) is 11.7 Å². The maximum atomic E-state index is 13.7. The molecule has 118 valence electrons. The van der Waals surface area contributed by atoms with Crippen molar-refractivity contribution in [3.05, 3.63) is 65.0 Å². The summed E-state index contributed by atoms with van der Waals surface area (Å²) in [5.74, 6) is -0.349. The topological polar surface area (TPSA) is 55.8 Å². The van der Waals surface area contributed by atoms with Crippen LogP contribution in [0.4, 0.5) is 4.39 Å². The van der Waals surface area contributed by atoms with E-state index in [0.29, 0.717) is 28.2 Å². The number of fused-ring (bicyclic) bond motifs is 1. The number of carbonyl (C=O) groups is 1. The van der Waals surface area contributed by atoms with Crippen LogP contribution in [0.5, 0.6) is 11.5 Å². The zero-order valence-corrected chi connectivity index (χ0v) is 12.7. The number of benzene rings is 2. The van der Waals surface area contributed by atoms with Crippen LogP contribution < -0.4 is 9.47 Å². The van der Waals surface area contributed by atoms with Crippen molar-refractivity contribution in [2.24, 2.45) is 0 Å². The Morgan fingerprint density at radius 2 is 2.00 bits per heavy atom. The Hall–Kier alpha value is -2.82. The zero-order chi connectivity index (χ0) is 16.6. The molecule has 0 radical (unpaired) electrons. The Bertz CT molecular complexity index is 811. The molecule has 1 N–H and O–H groups in total. The summed E-state index contributed by atoms with van der Waals surface area (Å²) in [6, 6.07) is 8.87. The highest BCUT2D eigenvalue weighted by Crippen LogP contribution is 2.40. The summed E-state index contributed by atoms with van der Waals surface area (Å²) in [4.78, 5) is 11.2. The van der Waals surface area contributed by atoms with Gasteiger partial charge in [0, 0.05) is 11.1 Å². The second kappa shape index (κ2) is 5.76. The van der Waals surface area contributed by atoms with Gasteiger partial charge in [-0.05, 0) is 55.0 Å². The van der Waals surface area contributed by atoms with Crippen molar-refractivity contribution in [1.29, 1.82) is 0 Å². The van der Waals surface area contributed by atoms with E-state index in [4.69, 9.17) is 9.47 Å². The largest absolute Gasteiger partial charge is 0.496 e. The standard InChI is InChI=1S/C18H15FO4/c1-10-7-13(15-9-12(19)4-6-16(15)22-2)14-8-11(18(20)21)3-5-17(14)23-10/h3-10H,1-2H3,(H,20,21). The third kappa shape index (κ3) is 2.77. The Labute approximate surface area is 132 Å². The molecule has 2 aromatic rings. The van der Waals surface area contributed by atoms with Crippen LogP contribution in [0, 0.1) is 5.82 Å². The van der Waals surface area contributed by atoms with Gasteiger partial charge in [0.15, 0.2) is 0 Å². The van der Waals surface area contributed by atoms with Crippen LogP contribution in [0.25, 0.3) is 5.57 Å². The number of methoxy groups -OCH3 is 1. The highest BCUT2D eigenvalue weighted by molar-refractivity contribution is 5.93. The molecule has 0 saturated carbocycles. The van der Waals surface area contributed by atoms with Gasteiger partial charge in [-0.15, -0.1) is 0 Å². The third-order valence-electron chi connectivity index (χ3n) is 3.68. The van der Waals surface area contributed by atoms with Gasteiger partial charge in [-0.25, -0.2) is 9.18 Å². The van der Waals surface area contributed by atoms with Gasteiger partial charge in [0.1, 0.15) is 23.4 Å². The third-order valence-corrected chi connectivity index (χ3v) is 3.68. The van der Waals surface area contributed by atoms with Gasteiger partial charge >= 0.3 is 5.97 Å². The van der Waals surface area contributed by atoms with Crippen LogP contribution >= 0.6 is 0 Å². The second-order valence-electron chi connectivity index (χ2n) is 5.26. The van der Waals surface area contributed by atoms with E-state index in [1.54, 1.807) is 12.1 Å². The van der Waals surface area contributed by atoms with Gasteiger partial charge in [-0.3, -0.25) is 0 Å². The summed E-state index contributed by atoms with van der Waals surface area (Å²) in [6.45, 7) is 1.86. The molecule has 0 fully saturated rings. The maximum absolute atomic E-state index is 13.7. The lowest BCUT2D eigenvalue weighted by Crippen LogP contribution is -2.16. The monoisotopic (exact) mass is 314 g/mol. The minimum atomic E-state index is -1.03. The molecule has 0 saturated heterocycles. The van der Waals surface area contributed by atoms with Gasteiger partial charge in [0.2, 0.25) is 0 Å². The Morgan fingerprint density at radius 3 is 2.70 bits per heavy atom. The van der Waals surface area contributed by atoms with Crippen LogP contribution in [0.3, 0.4) is 0 Å². The molecule has 1 unspecified atom stereocenters. The van der Waals surface area contributed by atoms with Gasteiger partial charge in [0.05, 0.1) is 12.7 Å². The van der Waals surface area contributed by atoms with Crippen molar-refractivity contribution in [2.75, 3.05) is 7.11 Å². The van der Waals surface area contributed by atoms with E-state index in [0.717, 1.165) is 0 Å². The smallest absolute Gasteiger partial charge is 0.335 e. The van der Waals surface area contributed by atoms with E-state index in [1.807, 2.05) is 13.0 Å². The van der Waals surface area contributed by atoms with Crippen molar-refractivity contribution in [3.63, 3.8) is 0 Å². The average Bonchev–Trinajstić information content (AvgIpc) is 2.53. The quantitative estimate of drug-likeness (QED) is 0.937. The van der Waals surface area contributed by atoms with Crippen LogP contribution in [0.15, 0.2) is 42.5 Å². The molecular weight excluding hydrogens is 299 g/mol. The Morgan fingerprint density at radius 1 is 1.22 bits per heavy atom. The first-order chi connectivity index (χ1) is 11.0. The van der Waals surface area contributed by atoms with Crippen molar-refractivity contribution >= 4 is 11.5 Å². The number of halogens is 1.